The molecule has 0 bridgehead atoms. The third-order valence-corrected chi connectivity index (χ3v) is 7.86. The largest absolute Gasteiger partial charge is 0.302 e. The van der Waals surface area contributed by atoms with E-state index < -0.39 is 0 Å². The van der Waals surface area contributed by atoms with E-state index in [-0.39, 0.29) is 11.8 Å². The fourth-order valence-electron chi connectivity index (χ4n) is 4.43. The summed E-state index contributed by atoms with van der Waals surface area (Å²) in [5, 5.41) is 10.9. The van der Waals surface area contributed by atoms with Crippen molar-refractivity contribution in [2.24, 2.45) is 11.8 Å². The molecule has 0 saturated heterocycles. The highest BCUT2D eigenvalue weighted by atomic mass is 32.1. The molecule has 8 heteroatoms. The first-order chi connectivity index (χ1) is 19.2. The zero-order valence-corrected chi connectivity index (χ0v) is 25.3. The molecule has 2 aromatic heterocycles. The number of rotatable bonds is 13. The Hall–Kier alpha value is -3.36. The molecule has 4 rings (SSSR count). The Kier molecular flexibility index (Phi) is 10.6. The van der Waals surface area contributed by atoms with Crippen LogP contribution >= 0.6 is 22.7 Å². The Labute approximate surface area is 245 Å². The number of hydrogen-bond acceptors (Lipinski definition) is 6. The molecule has 4 aromatic rings. The fraction of sp³-hybridized carbons (Fsp3) is 0.375. The Balaban J connectivity index is 1.16. The lowest BCUT2D eigenvalue weighted by atomic mass is 10.0. The van der Waals surface area contributed by atoms with Crippen molar-refractivity contribution in [2.45, 2.75) is 66.2 Å². The molecule has 0 radical (unpaired) electrons. The quantitative estimate of drug-likeness (QED) is 0.157. The summed E-state index contributed by atoms with van der Waals surface area (Å²) >= 11 is 2.85. The molecular formula is C32H38N4O2S2. The lowest BCUT2D eigenvalue weighted by Gasteiger charge is -2.05. The molecular weight excluding hydrogens is 537 g/mol. The maximum Gasteiger partial charge on any atom is 0.226 e. The summed E-state index contributed by atoms with van der Waals surface area (Å²) in [6.45, 7) is 8.85. The number of hydrogen-bond donors (Lipinski definition) is 2. The second kappa shape index (κ2) is 14.3. The van der Waals surface area contributed by atoms with Gasteiger partial charge < -0.3 is 10.6 Å². The van der Waals surface area contributed by atoms with E-state index in [4.69, 9.17) is 0 Å². The molecule has 0 unspecified atom stereocenters. The minimum absolute atomic E-state index is 0.0856. The fourth-order valence-corrected chi connectivity index (χ4v) is 5.90. The second-order valence-corrected chi connectivity index (χ2v) is 12.7. The Morgan fingerprint density at radius 1 is 0.650 bits per heavy atom. The maximum absolute atomic E-state index is 12.4. The van der Waals surface area contributed by atoms with E-state index in [1.165, 1.54) is 33.8 Å². The number of carbonyl (C=O) groups excluding carboxylic acids is 2. The van der Waals surface area contributed by atoms with Crippen LogP contribution in [0.1, 0.15) is 64.5 Å². The standard InChI is InChI=1S/C32H38N4O2S2/c1-21(2)17-23-9-13-25(14-10-23)27-19-39-31(33-27)35-29(37)7-5-6-8-30(38)36-32-34-28(20-40-32)26-15-11-24(12-16-26)18-22(3)4/h9-16,19-22H,5-8,17-18H2,1-4H3,(H,33,35,37)(H,34,36,38). The highest BCUT2D eigenvalue weighted by molar-refractivity contribution is 7.14. The molecule has 2 heterocycles. The number of benzene rings is 2. The van der Waals surface area contributed by atoms with Crippen molar-refractivity contribution >= 4 is 44.8 Å². The van der Waals surface area contributed by atoms with Gasteiger partial charge in [-0.25, -0.2) is 9.97 Å². The van der Waals surface area contributed by atoms with E-state index >= 15 is 0 Å². The third-order valence-electron chi connectivity index (χ3n) is 6.35. The van der Waals surface area contributed by atoms with Crippen molar-refractivity contribution in [3.63, 3.8) is 0 Å². The van der Waals surface area contributed by atoms with Gasteiger partial charge in [-0.3, -0.25) is 9.59 Å². The average Bonchev–Trinajstić information content (AvgIpc) is 3.57. The predicted octanol–water partition coefficient (Wildman–Crippen LogP) is 8.47. The third kappa shape index (κ3) is 9.10. The van der Waals surface area contributed by atoms with E-state index in [0.29, 0.717) is 47.8 Å². The first-order valence-corrected chi connectivity index (χ1v) is 15.7. The van der Waals surface area contributed by atoms with Gasteiger partial charge in [0.1, 0.15) is 0 Å². The van der Waals surface area contributed by atoms with Crippen LogP contribution < -0.4 is 10.6 Å². The summed E-state index contributed by atoms with van der Waals surface area (Å²) in [5.74, 6) is 1.07. The molecule has 2 N–H and O–H groups in total. The van der Waals surface area contributed by atoms with Crippen molar-refractivity contribution in [1.82, 2.24) is 9.97 Å². The molecule has 0 aliphatic heterocycles. The van der Waals surface area contributed by atoms with Crippen molar-refractivity contribution in [3.8, 4) is 22.5 Å². The number of anilines is 2. The van der Waals surface area contributed by atoms with Crippen LogP contribution in [-0.4, -0.2) is 21.8 Å². The van der Waals surface area contributed by atoms with Gasteiger partial charge in [0.05, 0.1) is 11.4 Å². The number of thiazole rings is 2. The summed E-state index contributed by atoms with van der Waals surface area (Å²) in [6, 6.07) is 16.9. The Morgan fingerprint density at radius 2 is 1.02 bits per heavy atom. The first kappa shape index (κ1) is 29.6. The van der Waals surface area contributed by atoms with Gasteiger partial charge >= 0.3 is 0 Å². The smallest absolute Gasteiger partial charge is 0.226 e. The van der Waals surface area contributed by atoms with Crippen LogP contribution in [0.3, 0.4) is 0 Å². The molecule has 0 fully saturated rings. The molecule has 210 valence electrons. The lowest BCUT2D eigenvalue weighted by Crippen LogP contribution is -2.13. The van der Waals surface area contributed by atoms with Crippen LogP contribution in [0.25, 0.3) is 22.5 Å². The number of aromatic nitrogens is 2. The van der Waals surface area contributed by atoms with Gasteiger partial charge in [-0.1, -0.05) is 76.2 Å². The molecule has 0 saturated carbocycles. The van der Waals surface area contributed by atoms with Crippen LogP contribution in [0.5, 0.6) is 0 Å². The predicted molar refractivity (Wildman–Crippen MR) is 168 cm³/mol. The first-order valence-electron chi connectivity index (χ1n) is 13.9. The van der Waals surface area contributed by atoms with Crippen molar-refractivity contribution in [3.05, 3.63) is 70.4 Å². The number of nitrogens with one attached hydrogen (secondary N) is 2. The molecule has 40 heavy (non-hydrogen) atoms. The van der Waals surface area contributed by atoms with Gasteiger partial charge in [-0.2, -0.15) is 0 Å². The molecule has 0 atom stereocenters. The highest BCUT2D eigenvalue weighted by Crippen LogP contribution is 2.27. The van der Waals surface area contributed by atoms with Gasteiger partial charge in [0.25, 0.3) is 0 Å². The Morgan fingerprint density at radius 3 is 1.38 bits per heavy atom. The van der Waals surface area contributed by atoms with E-state index in [1.54, 1.807) is 0 Å². The number of carbonyl (C=O) groups is 2. The SMILES string of the molecule is CC(C)Cc1ccc(-c2csc(NC(=O)CCCCC(=O)Nc3nc(-c4ccc(CC(C)C)cc4)cs3)n2)cc1. The van der Waals surface area contributed by atoms with Crippen molar-refractivity contribution < 1.29 is 9.59 Å². The molecule has 6 nitrogen and oxygen atoms in total. The van der Waals surface area contributed by atoms with E-state index in [0.717, 1.165) is 35.4 Å². The molecule has 2 amide bonds. The van der Waals surface area contributed by atoms with Gasteiger partial charge in [0.2, 0.25) is 11.8 Å². The van der Waals surface area contributed by atoms with Crippen LogP contribution in [-0.2, 0) is 22.4 Å². The monoisotopic (exact) mass is 574 g/mol. The summed E-state index contributed by atoms with van der Waals surface area (Å²) < 4.78 is 0. The summed E-state index contributed by atoms with van der Waals surface area (Å²) in [5.41, 5.74) is 6.44. The van der Waals surface area contributed by atoms with Crippen molar-refractivity contribution in [1.29, 1.82) is 0 Å². The molecule has 2 aromatic carbocycles. The van der Waals surface area contributed by atoms with E-state index in [2.05, 4.69) is 96.8 Å². The van der Waals surface area contributed by atoms with Gasteiger partial charge in [0.15, 0.2) is 10.3 Å². The minimum Gasteiger partial charge on any atom is -0.302 e. The van der Waals surface area contributed by atoms with Gasteiger partial charge in [-0.05, 0) is 48.6 Å². The topological polar surface area (TPSA) is 84.0 Å². The Bertz CT molecular complexity index is 1280. The van der Waals surface area contributed by atoms with Crippen LogP contribution in [0.2, 0.25) is 0 Å². The summed E-state index contributed by atoms with van der Waals surface area (Å²) in [4.78, 5) is 33.9. The molecule has 0 spiro atoms. The summed E-state index contributed by atoms with van der Waals surface area (Å²) in [6.07, 6.45) is 4.06. The van der Waals surface area contributed by atoms with Crippen LogP contribution in [0, 0.1) is 11.8 Å². The van der Waals surface area contributed by atoms with E-state index in [1.807, 2.05) is 10.8 Å². The van der Waals surface area contributed by atoms with Crippen molar-refractivity contribution in [2.75, 3.05) is 10.6 Å². The average molecular weight is 575 g/mol. The molecule has 0 aliphatic carbocycles. The summed E-state index contributed by atoms with van der Waals surface area (Å²) in [7, 11) is 0. The van der Waals surface area contributed by atoms with Crippen LogP contribution in [0.4, 0.5) is 10.3 Å². The molecule has 0 aliphatic rings. The number of amides is 2. The maximum atomic E-state index is 12.4. The zero-order valence-electron chi connectivity index (χ0n) is 23.7. The van der Waals surface area contributed by atoms with E-state index in [9.17, 15) is 9.59 Å². The number of nitrogens with zero attached hydrogens (tertiary/aromatic N) is 2. The van der Waals surface area contributed by atoms with Crippen LogP contribution in [0.15, 0.2) is 59.3 Å². The van der Waals surface area contributed by atoms with Gasteiger partial charge in [-0.15, -0.1) is 22.7 Å². The number of unbranched alkanes of at least 4 members (excludes halogenated alkanes) is 1. The lowest BCUT2D eigenvalue weighted by molar-refractivity contribution is -0.118. The normalized spacial score (nSPS) is 11.2. The highest BCUT2D eigenvalue weighted by Gasteiger charge is 2.11. The zero-order chi connectivity index (χ0) is 28.5. The second-order valence-electron chi connectivity index (χ2n) is 11.0. The van der Waals surface area contributed by atoms with Gasteiger partial charge in [0, 0.05) is 34.7 Å². The minimum atomic E-state index is -0.0856.